The molecule has 19 heteroatoms. The first kappa shape index (κ1) is 89.1. The van der Waals surface area contributed by atoms with Crippen LogP contribution in [0.2, 0.25) is 0 Å². The lowest BCUT2D eigenvalue weighted by Gasteiger charge is -2.21. The molecule has 0 aliphatic rings. The fourth-order valence-electron chi connectivity index (χ4n) is 10.8. The minimum atomic E-state index is -4.95. The van der Waals surface area contributed by atoms with Crippen LogP contribution >= 0.6 is 15.6 Å². The summed E-state index contributed by atoms with van der Waals surface area (Å²) in [5.41, 5.74) is 0. The van der Waals surface area contributed by atoms with Gasteiger partial charge in [0, 0.05) is 25.7 Å². The molecular weight excluding hydrogens is 1200 g/mol. The maximum atomic E-state index is 13.0. The van der Waals surface area contributed by atoms with Crippen molar-refractivity contribution in [2.24, 2.45) is 23.7 Å². The molecule has 0 bridgehead atoms. The van der Waals surface area contributed by atoms with E-state index in [9.17, 15) is 43.2 Å². The summed E-state index contributed by atoms with van der Waals surface area (Å²) < 4.78 is 68.4. The molecule has 0 aromatic rings. The van der Waals surface area contributed by atoms with E-state index in [4.69, 9.17) is 37.0 Å². The summed E-state index contributed by atoms with van der Waals surface area (Å²) in [6, 6.07) is 0. The summed E-state index contributed by atoms with van der Waals surface area (Å²) in [4.78, 5) is 72.6. The van der Waals surface area contributed by atoms with Crippen LogP contribution in [0.25, 0.3) is 0 Å². The summed E-state index contributed by atoms with van der Waals surface area (Å²) in [5, 5.41) is 10.6. The van der Waals surface area contributed by atoms with Gasteiger partial charge in [0.1, 0.15) is 19.3 Å². The van der Waals surface area contributed by atoms with Crippen LogP contribution in [0.3, 0.4) is 0 Å². The Labute approximate surface area is 556 Å². The zero-order valence-electron chi connectivity index (χ0n) is 59.5. The van der Waals surface area contributed by atoms with Crippen LogP contribution in [-0.4, -0.2) is 96.7 Å². The maximum absolute atomic E-state index is 13.0. The van der Waals surface area contributed by atoms with Crippen LogP contribution in [0.5, 0.6) is 0 Å². The third kappa shape index (κ3) is 63.9. The lowest BCUT2D eigenvalue weighted by Crippen LogP contribution is -2.30. The quantitative estimate of drug-likeness (QED) is 0.0222. The Bertz CT molecular complexity index is 1800. The lowest BCUT2D eigenvalue weighted by molar-refractivity contribution is -0.161. The molecule has 0 aliphatic carbocycles. The smallest absolute Gasteiger partial charge is 0.462 e. The van der Waals surface area contributed by atoms with Crippen molar-refractivity contribution in [2.45, 2.75) is 375 Å². The highest BCUT2D eigenvalue weighted by atomic mass is 31.2. The van der Waals surface area contributed by atoms with Crippen LogP contribution in [0.4, 0.5) is 0 Å². The van der Waals surface area contributed by atoms with Crippen molar-refractivity contribution in [3.8, 4) is 0 Å². The SMILES string of the molecule is CCC(C)CCCCCCCCCCCCC(=O)OC[C@H](COP(=O)(O)OCC(O)COP(=O)(O)OC[C@@H](COC(=O)CCCCCCCCCC(C)C)OC(=O)CCCCCCCCCCCCC(C)CC)OC(=O)CCCCCCCCCCCCC(C)C. The van der Waals surface area contributed by atoms with Crippen molar-refractivity contribution < 1.29 is 80.2 Å². The highest BCUT2D eigenvalue weighted by molar-refractivity contribution is 7.47. The molecule has 0 saturated carbocycles. The summed E-state index contributed by atoms with van der Waals surface area (Å²) in [5.74, 6) is 0.943. The molecule has 17 nitrogen and oxygen atoms in total. The Morgan fingerprint density at radius 2 is 0.527 bits per heavy atom. The molecule has 0 aliphatic heterocycles. The van der Waals surface area contributed by atoms with E-state index in [1.54, 1.807) is 0 Å². The first-order valence-electron chi connectivity index (χ1n) is 37.3. The van der Waals surface area contributed by atoms with E-state index in [-0.39, 0.29) is 25.7 Å². The second-order valence-corrected chi connectivity index (χ2v) is 30.3. The molecule has 0 saturated heterocycles. The Kier molecular flexibility index (Phi) is 60.3. The van der Waals surface area contributed by atoms with Gasteiger partial charge in [-0.05, 0) is 49.4 Å². The van der Waals surface area contributed by atoms with E-state index in [0.717, 1.165) is 114 Å². The number of aliphatic hydroxyl groups is 1. The van der Waals surface area contributed by atoms with Gasteiger partial charge in [0.2, 0.25) is 0 Å². The van der Waals surface area contributed by atoms with E-state index in [2.05, 4.69) is 55.4 Å². The predicted molar refractivity (Wildman–Crippen MR) is 367 cm³/mol. The van der Waals surface area contributed by atoms with Crippen LogP contribution < -0.4 is 0 Å². The van der Waals surface area contributed by atoms with Gasteiger partial charge in [-0.15, -0.1) is 0 Å². The molecule has 7 atom stereocenters. The number of carbonyl (C=O) groups excluding carboxylic acids is 4. The number of aliphatic hydroxyl groups excluding tert-OH is 1. The standard InChI is InChI=1S/C72H140O17P2/c1-9-64(7)50-42-34-26-18-12-15-20-28-36-44-52-69(74)82-58-67(88-71(76)54-46-38-29-21-14-11-17-24-32-40-48-62(3)4)60-86-90(78,79)84-56-66(73)57-85-91(80,81)87-61-68(59-83-70(75)53-45-37-31-23-25-33-41-49-63(5)6)89-72(77)55-47-39-30-22-16-13-19-27-35-43-51-65(8)10-2/h62-68,73H,9-61H2,1-8H3,(H,78,79)(H,80,81)/t64?,65?,66?,67-,68-/m1/s1. The molecular formula is C72H140O17P2. The van der Waals surface area contributed by atoms with E-state index in [1.807, 2.05) is 0 Å². The predicted octanol–water partition coefficient (Wildman–Crippen LogP) is 20.5. The molecule has 0 rings (SSSR count). The molecule has 91 heavy (non-hydrogen) atoms. The normalized spacial score (nSPS) is 14.8. The van der Waals surface area contributed by atoms with Gasteiger partial charge in [-0.25, -0.2) is 9.13 Å². The molecule has 0 spiro atoms. The van der Waals surface area contributed by atoms with Crippen molar-refractivity contribution in [1.82, 2.24) is 0 Å². The molecule has 0 amide bonds. The lowest BCUT2D eigenvalue weighted by atomic mass is 9.99. The average Bonchev–Trinajstić information content (AvgIpc) is 3.60. The van der Waals surface area contributed by atoms with Gasteiger partial charge in [-0.2, -0.15) is 0 Å². The molecule has 0 radical (unpaired) electrons. The van der Waals surface area contributed by atoms with Gasteiger partial charge in [0.25, 0.3) is 0 Å². The van der Waals surface area contributed by atoms with Gasteiger partial charge < -0.3 is 33.8 Å². The molecule has 540 valence electrons. The fourth-order valence-corrected chi connectivity index (χ4v) is 12.4. The molecule has 0 heterocycles. The van der Waals surface area contributed by atoms with Crippen LogP contribution in [0.1, 0.15) is 357 Å². The highest BCUT2D eigenvalue weighted by Crippen LogP contribution is 2.45. The molecule has 5 unspecified atom stereocenters. The third-order valence-electron chi connectivity index (χ3n) is 17.3. The van der Waals surface area contributed by atoms with Gasteiger partial charge in [0.05, 0.1) is 26.4 Å². The molecule has 0 aromatic carbocycles. The number of ether oxygens (including phenoxy) is 4. The zero-order valence-corrected chi connectivity index (χ0v) is 61.3. The van der Waals surface area contributed by atoms with E-state index >= 15 is 0 Å². The minimum Gasteiger partial charge on any atom is -0.462 e. The van der Waals surface area contributed by atoms with Crippen molar-refractivity contribution in [3.05, 3.63) is 0 Å². The second-order valence-electron chi connectivity index (χ2n) is 27.4. The van der Waals surface area contributed by atoms with Gasteiger partial charge >= 0.3 is 39.5 Å². The van der Waals surface area contributed by atoms with Crippen LogP contribution in [-0.2, 0) is 65.4 Å². The number of hydrogen-bond acceptors (Lipinski definition) is 15. The monoisotopic (exact) mass is 1340 g/mol. The van der Waals surface area contributed by atoms with Gasteiger partial charge in [-0.1, -0.05) is 306 Å². The summed E-state index contributed by atoms with van der Waals surface area (Å²) in [6.07, 6.45) is 44.3. The van der Waals surface area contributed by atoms with Crippen molar-refractivity contribution in [3.63, 3.8) is 0 Å². The Hall–Kier alpha value is -1.94. The first-order chi connectivity index (χ1) is 43.7. The maximum Gasteiger partial charge on any atom is 0.472 e. The van der Waals surface area contributed by atoms with Crippen molar-refractivity contribution in [1.29, 1.82) is 0 Å². The summed E-state index contributed by atoms with van der Waals surface area (Å²) >= 11 is 0. The molecule has 0 fully saturated rings. The number of unbranched alkanes of at least 4 members (excludes halogenated alkanes) is 33. The number of carbonyl (C=O) groups is 4. The largest absolute Gasteiger partial charge is 0.472 e. The van der Waals surface area contributed by atoms with Crippen molar-refractivity contribution in [2.75, 3.05) is 39.6 Å². The van der Waals surface area contributed by atoms with E-state index < -0.39 is 97.5 Å². The van der Waals surface area contributed by atoms with Crippen LogP contribution in [0.15, 0.2) is 0 Å². The Morgan fingerprint density at radius 1 is 0.308 bits per heavy atom. The number of phosphoric acid groups is 2. The van der Waals surface area contributed by atoms with E-state index in [0.29, 0.717) is 31.6 Å². The summed E-state index contributed by atoms with van der Waals surface area (Å²) in [6.45, 7) is 14.2. The number of esters is 4. The first-order valence-corrected chi connectivity index (χ1v) is 40.3. The zero-order chi connectivity index (χ0) is 67.5. The van der Waals surface area contributed by atoms with E-state index in [1.165, 1.54) is 154 Å². The topological polar surface area (TPSA) is 237 Å². The Morgan fingerprint density at radius 3 is 0.780 bits per heavy atom. The number of rotatable bonds is 69. The molecule has 3 N–H and O–H groups in total. The summed E-state index contributed by atoms with van der Waals surface area (Å²) in [7, 11) is -9.91. The Balaban J connectivity index is 5.27. The number of phosphoric ester groups is 2. The second kappa shape index (κ2) is 61.6. The van der Waals surface area contributed by atoms with Crippen molar-refractivity contribution >= 4 is 39.5 Å². The van der Waals surface area contributed by atoms with Gasteiger partial charge in [0.15, 0.2) is 12.2 Å². The molecule has 0 aromatic heterocycles. The highest BCUT2D eigenvalue weighted by Gasteiger charge is 2.30. The van der Waals surface area contributed by atoms with Crippen LogP contribution in [0, 0.1) is 23.7 Å². The fraction of sp³-hybridized carbons (Fsp3) is 0.944. The minimum absolute atomic E-state index is 0.105. The van der Waals surface area contributed by atoms with Gasteiger partial charge in [-0.3, -0.25) is 37.3 Å². The average molecular weight is 1340 g/mol. The third-order valence-corrected chi connectivity index (χ3v) is 19.2. The number of hydrogen-bond donors (Lipinski definition) is 3.